The molecule has 0 spiro atoms. The van der Waals surface area contributed by atoms with Crippen LogP contribution in [0.25, 0.3) is 0 Å². The average molecular weight is 189 g/mol. The van der Waals surface area contributed by atoms with Gasteiger partial charge in [-0.25, -0.2) is 0 Å². The maximum absolute atomic E-state index is 5.58. The third-order valence-electron chi connectivity index (χ3n) is 1.55. The number of alkyl halides is 1. The number of hydrogen-bond donors (Lipinski definition) is 0. The van der Waals surface area contributed by atoms with Crippen molar-refractivity contribution in [3.63, 3.8) is 0 Å². The van der Waals surface area contributed by atoms with Gasteiger partial charge in [-0.3, -0.25) is 9.58 Å². The molecule has 4 nitrogen and oxygen atoms in total. The minimum atomic E-state index is 0.650. The van der Waals surface area contributed by atoms with E-state index in [9.17, 15) is 0 Å². The molecule has 0 unspecified atom stereocenters. The second-order valence-electron chi connectivity index (χ2n) is 2.81. The van der Waals surface area contributed by atoms with Gasteiger partial charge >= 0.3 is 0 Å². The number of rotatable bonds is 4. The summed E-state index contributed by atoms with van der Waals surface area (Å²) in [6, 6.07) is 0. The summed E-state index contributed by atoms with van der Waals surface area (Å²) >= 11 is 5.58. The van der Waals surface area contributed by atoms with Crippen LogP contribution in [0.1, 0.15) is 5.69 Å². The molecular formula is C7H13ClN4. The van der Waals surface area contributed by atoms with Gasteiger partial charge in [0.05, 0.1) is 5.69 Å². The predicted molar refractivity (Wildman–Crippen MR) is 48.1 cm³/mol. The van der Waals surface area contributed by atoms with Gasteiger partial charge in [-0.2, -0.15) is 0 Å². The second-order valence-corrected chi connectivity index (χ2v) is 3.19. The van der Waals surface area contributed by atoms with Gasteiger partial charge < -0.3 is 0 Å². The van der Waals surface area contributed by atoms with Crippen molar-refractivity contribution in [3.05, 3.63) is 11.9 Å². The van der Waals surface area contributed by atoms with Gasteiger partial charge in [0, 0.05) is 32.2 Å². The van der Waals surface area contributed by atoms with Crippen LogP contribution in [0.4, 0.5) is 0 Å². The van der Waals surface area contributed by atoms with Gasteiger partial charge in [0.1, 0.15) is 0 Å². The van der Waals surface area contributed by atoms with E-state index in [0.717, 1.165) is 18.8 Å². The third-order valence-corrected chi connectivity index (χ3v) is 1.72. The zero-order valence-electron chi connectivity index (χ0n) is 7.37. The Balaban J connectivity index is 2.41. The lowest BCUT2D eigenvalue weighted by atomic mass is 10.4. The smallest absolute Gasteiger partial charge is 0.0966 e. The topological polar surface area (TPSA) is 34.0 Å². The molecule has 5 heteroatoms. The van der Waals surface area contributed by atoms with E-state index in [0.29, 0.717) is 5.88 Å². The molecule has 68 valence electrons. The van der Waals surface area contributed by atoms with Gasteiger partial charge in [-0.1, -0.05) is 5.21 Å². The fourth-order valence-electron chi connectivity index (χ4n) is 0.968. The second kappa shape index (κ2) is 4.42. The maximum Gasteiger partial charge on any atom is 0.0966 e. The summed E-state index contributed by atoms with van der Waals surface area (Å²) in [7, 11) is 3.87. The Hall–Kier alpha value is -0.610. The number of aromatic nitrogens is 3. The Labute approximate surface area is 77.1 Å². The van der Waals surface area contributed by atoms with Crippen LogP contribution < -0.4 is 0 Å². The van der Waals surface area contributed by atoms with Crippen molar-refractivity contribution in [3.8, 4) is 0 Å². The molecule has 1 rings (SSSR count). The summed E-state index contributed by atoms with van der Waals surface area (Å²) in [5, 5.41) is 7.80. The number of nitrogens with zero attached hydrogens (tertiary/aromatic N) is 4. The molecule has 0 amide bonds. The molecule has 0 N–H and O–H groups in total. The van der Waals surface area contributed by atoms with Crippen molar-refractivity contribution < 1.29 is 0 Å². The molecule has 12 heavy (non-hydrogen) atoms. The summed E-state index contributed by atoms with van der Waals surface area (Å²) in [6.45, 7) is 1.68. The van der Waals surface area contributed by atoms with Crippen LogP contribution in [0.15, 0.2) is 6.20 Å². The normalized spacial score (nSPS) is 11.0. The van der Waals surface area contributed by atoms with E-state index >= 15 is 0 Å². The van der Waals surface area contributed by atoms with Crippen molar-refractivity contribution in [2.75, 3.05) is 19.5 Å². The quantitative estimate of drug-likeness (QED) is 0.645. The minimum Gasteiger partial charge on any atom is -0.299 e. The molecule has 0 aliphatic rings. The van der Waals surface area contributed by atoms with Crippen molar-refractivity contribution >= 4 is 11.6 Å². The van der Waals surface area contributed by atoms with E-state index in [2.05, 4.69) is 15.2 Å². The zero-order valence-corrected chi connectivity index (χ0v) is 8.12. The highest BCUT2D eigenvalue weighted by molar-refractivity contribution is 6.18. The lowest BCUT2D eigenvalue weighted by Crippen LogP contribution is -2.20. The average Bonchev–Trinajstić information content (AvgIpc) is 2.36. The highest BCUT2D eigenvalue weighted by Crippen LogP contribution is 1.96. The van der Waals surface area contributed by atoms with Gasteiger partial charge in [0.15, 0.2) is 0 Å². The molecule has 0 atom stereocenters. The van der Waals surface area contributed by atoms with Crippen LogP contribution in [-0.2, 0) is 13.6 Å². The fourth-order valence-corrected chi connectivity index (χ4v) is 1.26. The van der Waals surface area contributed by atoms with E-state index in [1.807, 2.05) is 20.3 Å². The van der Waals surface area contributed by atoms with E-state index in [1.54, 1.807) is 4.68 Å². The van der Waals surface area contributed by atoms with Crippen molar-refractivity contribution in [2.24, 2.45) is 7.05 Å². The molecule has 0 radical (unpaired) electrons. The Morgan fingerprint density at radius 1 is 1.67 bits per heavy atom. The van der Waals surface area contributed by atoms with Gasteiger partial charge in [0.25, 0.3) is 0 Å². The maximum atomic E-state index is 5.58. The monoisotopic (exact) mass is 188 g/mol. The summed E-state index contributed by atoms with van der Waals surface area (Å²) < 4.78 is 1.70. The summed E-state index contributed by atoms with van der Waals surface area (Å²) in [6.07, 6.45) is 1.91. The largest absolute Gasteiger partial charge is 0.299 e. The Morgan fingerprint density at radius 3 is 2.92 bits per heavy atom. The highest BCUT2D eigenvalue weighted by atomic mass is 35.5. The molecule has 0 aromatic carbocycles. The fraction of sp³-hybridized carbons (Fsp3) is 0.714. The molecule has 0 aliphatic heterocycles. The molecular weight excluding hydrogens is 176 g/mol. The summed E-state index contributed by atoms with van der Waals surface area (Å²) in [5.74, 6) is 0.650. The van der Waals surface area contributed by atoms with Crippen LogP contribution >= 0.6 is 11.6 Å². The van der Waals surface area contributed by atoms with Crippen molar-refractivity contribution in [1.29, 1.82) is 0 Å². The zero-order chi connectivity index (χ0) is 8.97. The lowest BCUT2D eigenvalue weighted by Gasteiger charge is -2.11. The summed E-state index contributed by atoms with van der Waals surface area (Å²) in [4.78, 5) is 2.11. The molecule has 0 aliphatic carbocycles. The Morgan fingerprint density at radius 2 is 2.42 bits per heavy atom. The van der Waals surface area contributed by atoms with E-state index in [-0.39, 0.29) is 0 Å². The Kier molecular flexibility index (Phi) is 3.49. The molecule has 1 aromatic rings. The molecule has 0 saturated heterocycles. The molecule has 0 bridgehead atoms. The van der Waals surface area contributed by atoms with E-state index < -0.39 is 0 Å². The molecule has 0 saturated carbocycles. The van der Waals surface area contributed by atoms with E-state index in [4.69, 9.17) is 11.6 Å². The predicted octanol–water partition coefficient (Wildman–Crippen LogP) is 0.486. The Bertz CT molecular complexity index is 235. The van der Waals surface area contributed by atoms with Crippen molar-refractivity contribution in [1.82, 2.24) is 19.9 Å². The number of hydrogen-bond acceptors (Lipinski definition) is 3. The SMILES string of the molecule is CN(CCCl)Cc1cn(C)nn1. The first-order valence-corrected chi connectivity index (χ1v) is 4.35. The van der Waals surface area contributed by atoms with Crippen LogP contribution in [0.5, 0.6) is 0 Å². The molecule has 0 fully saturated rings. The molecule has 1 heterocycles. The van der Waals surface area contributed by atoms with Crippen LogP contribution in [0.2, 0.25) is 0 Å². The first-order valence-electron chi connectivity index (χ1n) is 3.82. The first-order chi connectivity index (χ1) is 5.72. The van der Waals surface area contributed by atoms with Crippen LogP contribution in [-0.4, -0.2) is 39.4 Å². The third kappa shape index (κ3) is 2.79. The minimum absolute atomic E-state index is 0.650. The number of halogens is 1. The van der Waals surface area contributed by atoms with Crippen LogP contribution in [0, 0.1) is 0 Å². The van der Waals surface area contributed by atoms with Crippen LogP contribution in [0.3, 0.4) is 0 Å². The van der Waals surface area contributed by atoms with Gasteiger partial charge in [0.2, 0.25) is 0 Å². The summed E-state index contributed by atoms with van der Waals surface area (Å²) in [5.41, 5.74) is 0.977. The molecule has 1 aromatic heterocycles. The van der Waals surface area contributed by atoms with E-state index in [1.165, 1.54) is 0 Å². The van der Waals surface area contributed by atoms with Crippen molar-refractivity contribution in [2.45, 2.75) is 6.54 Å². The first kappa shape index (κ1) is 9.48. The van der Waals surface area contributed by atoms with Gasteiger partial charge in [-0.15, -0.1) is 16.7 Å². The highest BCUT2D eigenvalue weighted by Gasteiger charge is 2.01. The van der Waals surface area contributed by atoms with Gasteiger partial charge in [-0.05, 0) is 7.05 Å². The lowest BCUT2D eigenvalue weighted by molar-refractivity contribution is 0.343. The number of aryl methyl sites for hydroxylation is 1. The standard InChI is InChI=1S/C7H13ClN4/c1-11(4-3-8)5-7-6-12(2)10-9-7/h6H,3-5H2,1-2H3.